The Morgan fingerprint density at radius 2 is 1.97 bits per heavy atom. The summed E-state index contributed by atoms with van der Waals surface area (Å²) in [6.45, 7) is 8.27. The van der Waals surface area contributed by atoms with Gasteiger partial charge in [0, 0.05) is 33.5 Å². The molecule has 0 aliphatic rings. The molecule has 0 spiro atoms. The first kappa shape index (κ1) is 27.8. The molecule has 1 heterocycles. The molecule has 1 unspecified atom stereocenters. The van der Waals surface area contributed by atoms with Crippen LogP contribution >= 0.6 is 34.7 Å². The van der Waals surface area contributed by atoms with E-state index in [2.05, 4.69) is 13.8 Å². The molecule has 1 aromatic heterocycles. The van der Waals surface area contributed by atoms with E-state index < -0.39 is 16.0 Å². The van der Waals surface area contributed by atoms with E-state index in [1.54, 1.807) is 28.2 Å². The number of carboxylic acid groups (broad SMARTS) is 1. The van der Waals surface area contributed by atoms with E-state index in [1.165, 1.54) is 11.3 Å². The summed E-state index contributed by atoms with van der Waals surface area (Å²) in [7, 11) is -3.68. The molecular formula is C25H30ClNO5S3. The van der Waals surface area contributed by atoms with Crippen LogP contribution in [0.2, 0.25) is 5.02 Å². The lowest BCUT2D eigenvalue weighted by Crippen LogP contribution is -2.36. The van der Waals surface area contributed by atoms with Gasteiger partial charge in [-0.05, 0) is 72.7 Å². The fraction of sp³-hybridized carbons (Fsp3) is 0.400. The SMILES string of the molecule is CCC(C)CN(CCSc1ccc(OCC(=O)O)c(C)c1)S(=O)(=O)c1sc2ccc(Cl)cc2c1C. The first-order valence-electron chi connectivity index (χ1n) is 11.3. The van der Waals surface area contributed by atoms with Crippen LogP contribution in [0.5, 0.6) is 5.75 Å². The second kappa shape index (κ2) is 12.0. The van der Waals surface area contributed by atoms with Gasteiger partial charge in [0.1, 0.15) is 9.96 Å². The molecule has 35 heavy (non-hydrogen) atoms. The quantitative estimate of drug-likeness (QED) is 0.258. The molecule has 0 aliphatic heterocycles. The van der Waals surface area contributed by atoms with Gasteiger partial charge in [-0.15, -0.1) is 23.1 Å². The van der Waals surface area contributed by atoms with Crippen LogP contribution in [0.1, 0.15) is 31.4 Å². The van der Waals surface area contributed by atoms with Gasteiger partial charge in [-0.2, -0.15) is 4.31 Å². The lowest BCUT2D eigenvalue weighted by atomic mass is 10.1. The maximum absolute atomic E-state index is 13.8. The second-order valence-corrected chi connectivity index (χ2v) is 13.3. The van der Waals surface area contributed by atoms with Gasteiger partial charge in [-0.1, -0.05) is 31.9 Å². The standard InChI is InChI=1S/C25H30ClNO5S3/c1-5-16(2)14-27(10-11-33-20-7-8-22(17(3)12-20)32-15-24(28)29)35(30,31)25-18(4)21-13-19(26)6-9-23(21)34-25/h6-9,12-13,16H,5,10-11,14-15H2,1-4H3,(H,28,29). The number of benzene rings is 2. The average Bonchev–Trinajstić information content (AvgIpc) is 3.14. The molecule has 0 amide bonds. The maximum atomic E-state index is 13.8. The zero-order valence-corrected chi connectivity index (χ0v) is 23.4. The highest BCUT2D eigenvalue weighted by Gasteiger charge is 2.29. The van der Waals surface area contributed by atoms with E-state index >= 15 is 0 Å². The Bertz CT molecular complexity index is 1310. The van der Waals surface area contributed by atoms with Crippen molar-refractivity contribution in [2.45, 2.75) is 43.2 Å². The number of thioether (sulfide) groups is 1. The molecule has 3 rings (SSSR count). The number of aliphatic carboxylic acids is 1. The zero-order valence-electron chi connectivity index (χ0n) is 20.2. The van der Waals surface area contributed by atoms with Crippen molar-refractivity contribution >= 4 is 60.8 Å². The predicted octanol–water partition coefficient (Wildman–Crippen LogP) is 6.46. The van der Waals surface area contributed by atoms with Crippen molar-refractivity contribution < 1.29 is 23.1 Å². The number of aryl methyl sites for hydroxylation is 2. The molecule has 1 atom stereocenters. The van der Waals surface area contributed by atoms with Gasteiger partial charge < -0.3 is 9.84 Å². The Labute approximate surface area is 220 Å². The summed E-state index contributed by atoms with van der Waals surface area (Å²) in [5.74, 6) is 0.313. The highest BCUT2D eigenvalue weighted by molar-refractivity contribution is 7.99. The summed E-state index contributed by atoms with van der Waals surface area (Å²) in [6, 6.07) is 11.0. The van der Waals surface area contributed by atoms with Gasteiger partial charge in [-0.3, -0.25) is 0 Å². The average molecular weight is 556 g/mol. The van der Waals surface area contributed by atoms with Crippen LogP contribution in [0, 0.1) is 19.8 Å². The van der Waals surface area contributed by atoms with E-state index in [-0.39, 0.29) is 12.5 Å². The Hall–Kier alpha value is -1.78. The van der Waals surface area contributed by atoms with E-state index in [4.69, 9.17) is 21.4 Å². The number of rotatable bonds is 12. The molecule has 190 valence electrons. The number of hydrogen-bond acceptors (Lipinski definition) is 6. The predicted molar refractivity (Wildman–Crippen MR) is 145 cm³/mol. The van der Waals surface area contributed by atoms with Crippen molar-refractivity contribution in [2.75, 3.05) is 25.4 Å². The van der Waals surface area contributed by atoms with Crippen molar-refractivity contribution in [3.05, 3.63) is 52.5 Å². The number of halogens is 1. The number of hydrogen-bond donors (Lipinski definition) is 1. The van der Waals surface area contributed by atoms with Crippen molar-refractivity contribution in [1.29, 1.82) is 0 Å². The zero-order chi connectivity index (χ0) is 25.8. The Morgan fingerprint density at radius 3 is 2.63 bits per heavy atom. The minimum absolute atomic E-state index is 0.229. The first-order valence-corrected chi connectivity index (χ1v) is 14.9. The molecule has 2 aromatic carbocycles. The van der Waals surface area contributed by atoms with E-state index in [1.807, 2.05) is 38.1 Å². The van der Waals surface area contributed by atoms with Gasteiger partial charge in [0.15, 0.2) is 6.61 Å². The van der Waals surface area contributed by atoms with Gasteiger partial charge in [0.2, 0.25) is 0 Å². The van der Waals surface area contributed by atoms with Gasteiger partial charge in [-0.25, -0.2) is 13.2 Å². The summed E-state index contributed by atoms with van der Waals surface area (Å²) in [6.07, 6.45) is 0.886. The third-order valence-electron chi connectivity index (χ3n) is 5.75. The summed E-state index contributed by atoms with van der Waals surface area (Å²) in [5.41, 5.74) is 1.57. The number of nitrogens with zero attached hydrogens (tertiary/aromatic N) is 1. The maximum Gasteiger partial charge on any atom is 0.341 e. The number of ether oxygens (including phenoxy) is 1. The molecule has 1 N–H and O–H groups in total. The molecule has 0 aliphatic carbocycles. The number of sulfonamides is 1. The summed E-state index contributed by atoms with van der Waals surface area (Å²) < 4.78 is 35.7. The molecule has 0 saturated heterocycles. The van der Waals surface area contributed by atoms with Crippen LogP contribution in [-0.4, -0.2) is 49.2 Å². The van der Waals surface area contributed by atoms with Gasteiger partial charge >= 0.3 is 5.97 Å². The van der Waals surface area contributed by atoms with Crippen molar-refractivity contribution in [3.8, 4) is 5.75 Å². The fourth-order valence-corrected chi connectivity index (χ4v) is 8.30. The number of carboxylic acids is 1. The van der Waals surface area contributed by atoms with Crippen LogP contribution in [-0.2, 0) is 14.8 Å². The van der Waals surface area contributed by atoms with E-state index in [0.29, 0.717) is 33.8 Å². The molecule has 0 radical (unpaired) electrons. The summed E-state index contributed by atoms with van der Waals surface area (Å²) in [4.78, 5) is 11.7. The Morgan fingerprint density at radius 1 is 1.23 bits per heavy atom. The molecule has 0 saturated carbocycles. The molecule has 3 aromatic rings. The Kier molecular flexibility index (Phi) is 9.51. The lowest BCUT2D eigenvalue weighted by molar-refractivity contribution is -0.139. The van der Waals surface area contributed by atoms with Crippen LogP contribution in [0.25, 0.3) is 10.1 Å². The van der Waals surface area contributed by atoms with Crippen molar-refractivity contribution in [2.24, 2.45) is 5.92 Å². The molecule has 10 heteroatoms. The summed E-state index contributed by atoms with van der Waals surface area (Å²) >= 11 is 9.00. The molecule has 0 bridgehead atoms. The highest BCUT2D eigenvalue weighted by atomic mass is 35.5. The van der Waals surface area contributed by atoms with Crippen molar-refractivity contribution in [3.63, 3.8) is 0 Å². The van der Waals surface area contributed by atoms with Crippen LogP contribution in [0.4, 0.5) is 0 Å². The molecular weight excluding hydrogens is 526 g/mol. The number of fused-ring (bicyclic) bond motifs is 1. The normalized spacial score (nSPS) is 12.9. The minimum Gasteiger partial charge on any atom is -0.482 e. The van der Waals surface area contributed by atoms with Gasteiger partial charge in [0.05, 0.1) is 0 Å². The molecule has 0 fully saturated rings. The highest BCUT2D eigenvalue weighted by Crippen LogP contribution is 2.37. The largest absolute Gasteiger partial charge is 0.482 e. The Balaban J connectivity index is 1.78. The van der Waals surface area contributed by atoms with Crippen molar-refractivity contribution in [1.82, 2.24) is 4.31 Å². The minimum atomic E-state index is -3.68. The number of thiophene rings is 1. The number of carbonyl (C=O) groups is 1. The second-order valence-electron chi connectivity index (χ2n) is 8.49. The monoisotopic (exact) mass is 555 g/mol. The fourth-order valence-electron chi connectivity index (χ4n) is 3.60. The van der Waals surface area contributed by atoms with Crippen LogP contribution in [0.15, 0.2) is 45.5 Å². The third kappa shape index (κ3) is 6.92. The summed E-state index contributed by atoms with van der Waals surface area (Å²) in [5, 5.41) is 10.3. The van der Waals surface area contributed by atoms with Crippen LogP contribution < -0.4 is 4.74 Å². The van der Waals surface area contributed by atoms with Gasteiger partial charge in [0.25, 0.3) is 10.0 Å². The first-order chi connectivity index (χ1) is 16.5. The smallest absolute Gasteiger partial charge is 0.341 e. The topological polar surface area (TPSA) is 83.9 Å². The van der Waals surface area contributed by atoms with E-state index in [9.17, 15) is 13.2 Å². The van der Waals surface area contributed by atoms with Crippen LogP contribution in [0.3, 0.4) is 0 Å². The lowest BCUT2D eigenvalue weighted by Gasteiger charge is -2.24. The molecule has 6 nitrogen and oxygen atoms in total. The van der Waals surface area contributed by atoms with E-state index in [0.717, 1.165) is 32.5 Å². The third-order valence-corrected chi connectivity index (χ3v) is 10.7.